The lowest BCUT2D eigenvalue weighted by Gasteiger charge is -2.19. The van der Waals surface area contributed by atoms with Crippen LogP contribution in [-0.2, 0) is 16.6 Å². The molecule has 0 fully saturated rings. The maximum Gasteiger partial charge on any atom is 0.246 e. The van der Waals surface area contributed by atoms with Crippen molar-refractivity contribution >= 4 is 21.4 Å². The second-order valence-corrected chi connectivity index (χ2v) is 9.21. The molecule has 0 aliphatic rings. The zero-order valence-corrected chi connectivity index (χ0v) is 17.3. The molecule has 0 atom stereocenters. The maximum atomic E-state index is 13.3. The topological polar surface area (TPSA) is 55.2 Å². The number of rotatable bonds is 9. The fraction of sp³-hybridized carbons (Fsp3) is 0.350. The Morgan fingerprint density at radius 3 is 2.52 bits per heavy atom. The lowest BCUT2D eigenvalue weighted by Crippen LogP contribution is -2.32. The van der Waals surface area contributed by atoms with Crippen LogP contribution >= 0.6 is 11.3 Å². The van der Waals surface area contributed by atoms with Gasteiger partial charge >= 0.3 is 0 Å². The summed E-state index contributed by atoms with van der Waals surface area (Å²) in [5, 5.41) is 6.57. The molecule has 2 aromatic heterocycles. The van der Waals surface area contributed by atoms with Crippen molar-refractivity contribution in [3.8, 4) is 10.6 Å². The third-order valence-corrected chi connectivity index (χ3v) is 7.25. The van der Waals surface area contributed by atoms with Crippen LogP contribution in [0.5, 0.6) is 0 Å². The number of hydrogen-bond acceptors (Lipinski definition) is 4. The molecule has 0 saturated heterocycles. The van der Waals surface area contributed by atoms with Crippen LogP contribution in [0.15, 0.2) is 58.9 Å². The molecule has 5 nitrogen and oxygen atoms in total. The summed E-state index contributed by atoms with van der Waals surface area (Å²) in [6.45, 7) is 5.47. The largest absolute Gasteiger partial charge is 0.266 e. The highest BCUT2D eigenvalue weighted by Gasteiger charge is 2.29. The first-order valence-electron chi connectivity index (χ1n) is 9.21. The SMILES string of the molecule is CCCCN(CC)S(=O)(=O)c1cn(Cc2ccccc2)nc1-c1cccs1. The molecule has 7 heteroatoms. The first-order valence-corrected chi connectivity index (χ1v) is 11.5. The van der Waals surface area contributed by atoms with Gasteiger partial charge in [-0.15, -0.1) is 11.3 Å². The summed E-state index contributed by atoms with van der Waals surface area (Å²) < 4.78 is 29.9. The molecular formula is C20H25N3O2S2. The minimum absolute atomic E-state index is 0.291. The van der Waals surface area contributed by atoms with Gasteiger partial charge in [0.05, 0.1) is 11.4 Å². The Balaban J connectivity index is 2.02. The summed E-state index contributed by atoms with van der Waals surface area (Å²) in [6.07, 6.45) is 3.47. The Hall–Kier alpha value is -1.96. The number of thiophene rings is 1. The molecule has 1 aromatic carbocycles. The van der Waals surface area contributed by atoms with Gasteiger partial charge in [0, 0.05) is 19.3 Å². The van der Waals surface area contributed by atoms with E-state index in [4.69, 9.17) is 0 Å². The highest BCUT2D eigenvalue weighted by Crippen LogP contribution is 2.31. The molecule has 2 heterocycles. The summed E-state index contributed by atoms with van der Waals surface area (Å²) in [5.74, 6) is 0. The highest BCUT2D eigenvalue weighted by molar-refractivity contribution is 7.89. The van der Waals surface area contributed by atoms with Gasteiger partial charge in [-0.25, -0.2) is 8.42 Å². The van der Waals surface area contributed by atoms with Crippen molar-refractivity contribution in [2.24, 2.45) is 0 Å². The molecule has 0 spiro atoms. The molecule has 3 aromatic rings. The molecule has 0 saturated carbocycles. The number of benzene rings is 1. The predicted molar refractivity (Wildman–Crippen MR) is 110 cm³/mol. The first-order chi connectivity index (χ1) is 13.1. The number of sulfonamides is 1. The Bertz CT molecular complexity index is 949. The van der Waals surface area contributed by atoms with Gasteiger partial charge in [0.1, 0.15) is 10.6 Å². The zero-order chi connectivity index (χ0) is 19.3. The third kappa shape index (κ3) is 4.48. The van der Waals surface area contributed by atoms with Crippen molar-refractivity contribution < 1.29 is 8.42 Å². The number of hydrogen-bond donors (Lipinski definition) is 0. The van der Waals surface area contributed by atoms with E-state index in [2.05, 4.69) is 12.0 Å². The van der Waals surface area contributed by atoms with Gasteiger partial charge in [-0.05, 0) is 23.4 Å². The average molecular weight is 404 g/mol. The fourth-order valence-corrected chi connectivity index (χ4v) is 5.37. The fourth-order valence-electron chi connectivity index (χ4n) is 2.95. The van der Waals surface area contributed by atoms with Crippen molar-refractivity contribution in [2.45, 2.75) is 38.1 Å². The molecule has 0 radical (unpaired) electrons. The van der Waals surface area contributed by atoms with Gasteiger partial charge in [-0.3, -0.25) is 4.68 Å². The van der Waals surface area contributed by atoms with Crippen molar-refractivity contribution in [1.29, 1.82) is 0 Å². The molecule has 0 unspecified atom stereocenters. The molecule has 27 heavy (non-hydrogen) atoms. The molecule has 0 amide bonds. The molecular weight excluding hydrogens is 378 g/mol. The summed E-state index contributed by atoms with van der Waals surface area (Å²) in [4.78, 5) is 1.16. The van der Waals surface area contributed by atoms with Gasteiger partial charge in [-0.2, -0.15) is 9.40 Å². The summed E-state index contributed by atoms with van der Waals surface area (Å²) in [7, 11) is -3.59. The normalized spacial score (nSPS) is 12.0. The lowest BCUT2D eigenvalue weighted by molar-refractivity contribution is 0.419. The third-order valence-electron chi connectivity index (χ3n) is 4.40. The predicted octanol–water partition coefficient (Wildman–Crippen LogP) is 4.47. The smallest absolute Gasteiger partial charge is 0.246 e. The van der Waals surface area contributed by atoms with E-state index in [1.807, 2.05) is 54.8 Å². The molecule has 3 rings (SSSR count). The van der Waals surface area contributed by atoms with E-state index in [0.29, 0.717) is 30.2 Å². The van der Waals surface area contributed by atoms with E-state index in [1.54, 1.807) is 15.2 Å². The van der Waals surface area contributed by atoms with Gasteiger partial charge in [0.15, 0.2) is 0 Å². The van der Waals surface area contributed by atoms with Crippen molar-refractivity contribution in [3.05, 3.63) is 59.6 Å². The monoisotopic (exact) mass is 403 g/mol. The van der Waals surface area contributed by atoms with Crippen molar-refractivity contribution in [1.82, 2.24) is 14.1 Å². The molecule has 0 bridgehead atoms. The van der Waals surface area contributed by atoms with E-state index in [0.717, 1.165) is 23.3 Å². The van der Waals surface area contributed by atoms with Crippen molar-refractivity contribution in [3.63, 3.8) is 0 Å². The maximum absolute atomic E-state index is 13.3. The van der Waals surface area contributed by atoms with E-state index in [-0.39, 0.29) is 0 Å². The van der Waals surface area contributed by atoms with E-state index in [1.165, 1.54) is 11.3 Å². The Labute approximate surface area is 165 Å². The van der Waals surface area contributed by atoms with Crippen LogP contribution in [0.3, 0.4) is 0 Å². The van der Waals surface area contributed by atoms with E-state index >= 15 is 0 Å². The molecule has 0 N–H and O–H groups in total. The standard InChI is InChI=1S/C20H25N3O2S2/c1-3-5-13-23(4-2)27(24,25)19-16-22(15-17-10-7-6-8-11-17)21-20(19)18-12-9-14-26-18/h6-12,14,16H,3-5,13,15H2,1-2H3. The quantitative estimate of drug-likeness (QED) is 0.530. The van der Waals surface area contributed by atoms with Crippen LogP contribution in [0, 0.1) is 0 Å². The minimum Gasteiger partial charge on any atom is -0.266 e. The van der Waals surface area contributed by atoms with E-state index < -0.39 is 10.0 Å². The highest BCUT2D eigenvalue weighted by atomic mass is 32.2. The van der Waals surface area contributed by atoms with Gasteiger partial charge in [0.25, 0.3) is 0 Å². The summed E-state index contributed by atoms with van der Waals surface area (Å²) in [5.41, 5.74) is 1.62. The molecule has 144 valence electrons. The van der Waals surface area contributed by atoms with Gasteiger partial charge in [-0.1, -0.05) is 56.7 Å². The lowest BCUT2D eigenvalue weighted by atomic mass is 10.2. The number of aromatic nitrogens is 2. The van der Waals surface area contributed by atoms with Gasteiger partial charge < -0.3 is 0 Å². The van der Waals surface area contributed by atoms with Gasteiger partial charge in [0.2, 0.25) is 10.0 Å². The Kier molecular flexibility index (Phi) is 6.46. The second kappa shape index (κ2) is 8.82. The van der Waals surface area contributed by atoms with Crippen LogP contribution in [0.4, 0.5) is 0 Å². The van der Waals surface area contributed by atoms with Crippen LogP contribution in [0.25, 0.3) is 10.6 Å². The van der Waals surface area contributed by atoms with Crippen LogP contribution in [0.1, 0.15) is 32.3 Å². The van der Waals surface area contributed by atoms with Crippen molar-refractivity contribution in [2.75, 3.05) is 13.1 Å². The minimum atomic E-state index is -3.59. The van der Waals surface area contributed by atoms with Crippen LogP contribution < -0.4 is 0 Å². The first kappa shape index (κ1) is 19.8. The number of nitrogens with zero attached hydrogens (tertiary/aromatic N) is 3. The second-order valence-electron chi connectivity index (χ2n) is 6.35. The van der Waals surface area contributed by atoms with Crippen LogP contribution in [-0.4, -0.2) is 35.6 Å². The molecule has 0 aliphatic carbocycles. The Morgan fingerprint density at radius 1 is 1.11 bits per heavy atom. The summed E-state index contributed by atoms with van der Waals surface area (Å²) in [6, 6.07) is 13.8. The van der Waals surface area contributed by atoms with Crippen LogP contribution in [0.2, 0.25) is 0 Å². The number of unbranched alkanes of at least 4 members (excludes halogenated alkanes) is 1. The summed E-state index contributed by atoms with van der Waals surface area (Å²) >= 11 is 1.50. The van der Waals surface area contributed by atoms with E-state index in [9.17, 15) is 8.42 Å². The molecule has 0 aliphatic heterocycles. The Morgan fingerprint density at radius 2 is 1.89 bits per heavy atom. The average Bonchev–Trinajstić information content (AvgIpc) is 3.33. The zero-order valence-electron chi connectivity index (χ0n) is 15.7.